The first-order valence-corrected chi connectivity index (χ1v) is 6.72. The van der Waals surface area contributed by atoms with Crippen LogP contribution in [0.15, 0.2) is 47.1 Å². The van der Waals surface area contributed by atoms with Crippen molar-refractivity contribution in [1.82, 2.24) is 4.98 Å². The lowest BCUT2D eigenvalue weighted by Gasteiger charge is -2.08. The number of aromatic nitrogens is 1. The maximum absolute atomic E-state index is 12.1. The number of carbonyl (C=O) groups excluding carboxylic acids is 1. The van der Waals surface area contributed by atoms with Crippen molar-refractivity contribution in [1.29, 1.82) is 0 Å². The lowest BCUT2D eigenvalue weighted by atomic mass is 10.2. The van der Waals surface area contributed by atoms with Crippen LogP contribution in [0.1, 0.15) is 10.5 Å². The molecule has 0 bridgehead atoms. The highest BCUT2D eigenvalue weighted by Crippen LogP contribution is 2.19. The predicted octanol–water partition coefficient (Wildman–Crippen LogP) is 2.56. The summed E-state index contributed by atoms with van der Waals surface area (Å²) < 4.78 is 5.63. The van der Waals surface area contributed by atoms with Gasteiger partial charge in [0.15, 0.2) is 6.61 Å². The van der Waals surface area contributed by atoms with Gasteiger partial charge in [-0.15, -0.1) is 0 Å². The molecule has 1 aromatic carbocycles. The molecule has 1 heterocycles. The Balaban J connectivity index is 2.09. The molecule has 7 heteroatoms. The first-order valence-electron chi connectivity index (χ1n) is 5.93. The molecule has 2 N–H and O–H groups in total. The van der Waals surface area contributed by atoms with Gasteiger partial charge in [0.2, 0.25) is 0 Å². The minimum atomic E-state index is -1.07. The van der Waals surface area contributed by atoms with Crippen molar-refractivity contribution in [2.24, 2.45) is 0 Å². The summed E-state index contributed by atoms with van der Waals surface area (Å²) in [6.07, 6.45) is 1.52. The standard InChI is InChI=1S/C14H11BrN2O4/c15-11-5-2-6-16-13(11)14(20)17-9-3-1-4-10(7-9)21-8-12(18)19/h1-7H,8H2,(H,17,20)(H,18,19). The molecular weight excluding hydrogens is 340 g/mol. The Kier molecular flexibility index (Phi) is 4.89. The minimum absolute atomic E-state index is 0.259. The first-order chi connectivity index (χ1) is 10.1. The van der Waals surface area contributed by atoms with Gasteiger partial charge in [-0.05, 0) is 40.2 Å². The van der Waals surface area contributed by atoms with Gasteiger partial charge >= 0.3 is 5.97 Å². The molecule has 0 fully saturated rings. The van der Waals surface area contributed by atoms with E-state index in [0.29, 0.717) is 15.9 Å². The number of amides is 1. The molecule has 0 unspecified atom stereocenters. The van der Waals surface area contributed by atoms with Crippen molar-refractivity contribution in [3.8, 4) is 5.75 Å². The highest BCUT2D eigenvalue weighted by atomic mass is 79.9. The zero-order chi connectivity index (χ0) is 15.2. The molecule has 0 aliphatic rings. The lowest BCUT2D eigenvalue weighted by Crippen LogP contribution is -2.14. The second kappa shape index (κ2) is 6.85. The molecule has 0 aliphatic carbocycles. The van der Waals surface area contributed by atoms with Gasteiger partial charge in [0.25, 0.3) is 5.91 Å². The Bertz CT molecular complexity index is 676. The van der Waals surface area contributed by atoms with Crippen LogP contribution in [0.5, 0.6) is 5.75 Å². The summed E-state index contributed by atoms with van der Waals surface area (Å²) in [5, 5.41) is 11.2. The van der Waals surface area contributed by atoms with Crippen LogP contribution in [-0.2, 0) is 4.79 Å². The van der Waals surface area contributed by atoms with Crippen LogP contribution < -0.4 is 10.1 Å². The maximum atomic E-state index is 12.1. The van der Waals surface area contributed by atoms with E-state index >= 15 is 0 Å². The number of carbonyl (C=O) groups is 2. The van der Waals surface area contributed by atoms with Crippen LogP contribution in [0.25, 0.3) is 0 Å². The molecule has 0 radical (unpaired) electrons. The van der Waals surface area contributed by atoms with Gasteiger partial charge < -0.3 is 15.2 Å². The van der Waals surface area contributed by atoms with E-state index in [0.717, 1.165) is 0 Å². The number of anilines is 1. The molecule has 0 saturated carbocycles. The number of ether oxygens (including phenoxy) is 1. The van der Waals surface area contributed by atoms with Crippen molar-refractivity contribution >= 4 is 33.5 Å². The van der Waals surface area contributed by atoms with Crippen LogP contribution in [-0.4, -0.2) is 28.6 Å². The predicted molar refractivity (Wildman–Crippen MR) is 79.5 cm³/mol. The fraction of sp³-hybridized carbons (Fsp3) is 0.0714. The Hall–Kier alpha value is -2.41. The average Bonchev–Trinajstić information content (AvgIpc) is 2.46. The van der Waals surface area contributed by atoms with Gasteiger partial charge in [0.1, 0.15) is 11.4 Å². The van der Waals surface area contributed by atoms with E-state index in [1.54, 1.807) is 30.3 Å². The number of pyridine rings is 1. The average molecular weight is 351 g/mol. The monoisotopic (exact) mass is 350 g/mol. The third-order valence-electron chi connectivity index (χ3n) is 2.43. The Morgan fingerprint density at radius 2 is 2.10 bits per heavy atom. The molecule has 0 aliphatic heterocycles. The van der Waals surface area contributed by atoms with E-state index in [2.05, 4.69) is 26.2 Å². The van der Waals surface area contributed by atoms with E-state index < -0.39 is 12.6 Å². The minimum Gasteiger partial charge on any atom is -0.482 e. The van der Waals surface area contributed by atoms with Crippen LogP contribution >= 0.6 is 15.9 Å². The van der Waals surface area contributed by atoms with Gasteiger partial charge in [-0.25, -0.2) is 9.78 Å². The number of nitrogens with zero attached hydrogens (tertiary/aromatic N) is 1. The summed E-state index contributed by atoms with van der Waals surface area (Å²) in [5.74, 6) is -1.09. The van der Waals surface area contributed by atoms with Gasteiger partial charge in [-0.3, -0.25) is 4.79 Å². The highest BCUT2D eigenvalue weighted by Gasteiger charge is 2.11. The van der Waals surface area contributed by atoms with Crippen LogP contribution in [0.3, 0.4) is 0 Å². The SMILES string of the molecule is O=C(O)COc1cccc(NC(=O)c2ncccc2Br)c1. The van der Waals surface area contributed by atoms with Gasteiger partial charge in [-0.2, -0.15) is 0 Å². The molecule has 1 aromatic heterocycles. The molecule has 2 aromatic rings. The van der Waals surface area contributed by atoms with Gasteiger partial charge in [0.05, 0.1) is 0 Å². The number of halogens is 1. The molecule has 108 valence electrons. The quantitative estimate of drug-likeness (QED) is 0.864. The molecule has 0 spiro atoms. The Labute approximate surface area is 128 Å². The normalized spacial score (nSPS) is 9.95. The van der Waals surface area contributed by atoms with E-state index in [1.165, 1.54) is 12.3 Å². The van der Waals surface area contributed by atoms with Crippen LogP contribution in [0.2, 0.25) is 0 Å². The number of benzene rings is 1. The zero-order valence-corrected chi connectivity index (χ0v) is 12.3. The summed E-state index contributed by atoms with van der Waals surface area (Å²) >= 11 is 3.25. The Morgan fingerprint density at radius 1 is 1.29 bits per heavy atom. The number of hydrogen-bond acceptors (Lipinski definition) is 4. The van der Waals surface area contributed by atoms with E-state index in [1.807, 2.05) is 0 Å². The summed E-state index contributed by atoms with van der Waals surface area (Å²) in [7, 11) is 0. The number of carboxylic acids is 1. The van der Waals surface area contributed by atoms with Crippen molar-refractivity contribution in [2.45, 2.75) is 0 Å². The molecule has 1 amide bonds. The molecular formula is C14H11BrN2O4. The summed E-state index contributed by atoms with van der Waals surface area (Å²) in [5.41, 5.74) is 0.745. The van der Waals surface area contributed by atoms with E-state index in [-0.39, 0.29) is 11.6 Å². The summed E-state index contributed by atoms with van der Waals surface area (Å²) in [6, 6.07) is 9.89. The van der Waals surface area contributed by atoms with Crippen molar-refractivity contribution in [2.75, 3.05) is 11.9 Å². The number of rotatable bonds is 5. The van der Waals surface area contributed by atoms with E-state index in [9.17, 15) is 9.59 Å². The maximum Gasteiger partial charge on any atom is 0.341 e. The fourth-order valence-corrected chi connectivity index (χ4v) is 1.99. The largest absolute Gasteiger partial charge is 0.482 e. The first kappa shape index (κ1) is 15.0. The molecule has 0 atom stereocenters. The lowest BCUT2D eigenvalue weighted by molar-refractivity contribution is -0.139. The molecule has 0 saturated heterocycles. The highest BCUT2D eigenvalue weighted by molar-refractivity contribution is 9.10. The van der Waals surface area contributed by atoms with Crippen LogP contribution in [0.4, 0.5) is 5.69 Å². The molecule has 6 nitrogen and oxygen atoms in total. The van der Waals surface area contributed by atoms with Crippen molar-refractivity contribution < 1.29 is 19.4 Å². The number of carboxylic acid groups (broad SMARTS) is 1. The van der Waals surface area contributed by atoms with Gasteiger partial charge in [0, 0.05) is 22.4 Å². The van der Waals surface area contributed by atoms with Crippen molar-refractivity contribution in [3.63, 3.8) is 0 Å². The third kappa shape index (κ3) is 4.28. The molecule has 21 heavy (non-hydrogen) atoms. The smallest absolute Gasteiger partial charge is 0.341 e. The van der Waals surface area contributed by atoms with E-state index in [4.69, 9.17) is 9.84 Å². The summed E-state index contributed by atoms with van der Waals surface area (Å²) in [4.78, 5) is 26.5. The van der Waals surface area contributed by atoms with Crippen LogP contribution in [0, 0.1) is 0 Å². The third-order valence-corrected chi connectivity index (χ3v) is 3.07. The number of hydrogen-bond donors (Lipinski definition) is 2. The number of aliphatic carboxylic acids is 1. The second-order valence-corrected chi connectivity index (χ2v) is 4.85. The number of nitrogens with one attached hydrogen (secondary N) is 1. The topological polar surface area (TPSA) is 88.5 Å². The van der Waals surface area contributed by atoms with Crippen molar-refractivity contribution in [3.05, 3.63) is 52.8 Å². The second-order valence-electron chi connectivity index (χ2n) is 4.00. The summed E-state index contributed by atoms with van der Waals surface area (Å²) in [6.45, 7) is -0.441. The fourth-order valence-electron chi connectivity index (χ4n) is 1.55. The zero-order valence-electron chi connectivity index (χ0n) is 10.7. The molecule has 2 rings (SSSR count). The Morgan fingerprint density at radius 3 is 2.81 bits per heavy atom. The van der Waals surface area contributed by atoms with Gasteiger partial charge in [-0.1, -0.05) is 6.07 Å².